The van der Waals surface area contributed by atoms with E-state index >= 15 is 0 Å². The molecule has 78 valence electrons. The summed E-state index contributed by atoms with van der Waals surface area (Å²) in [7, 11) is 0. The van der Waals surface area contributed by atoms with Crippen molar-refractivity contribution in [2.24, 2.45) is 0 Å². The molecule has 0 saturated carbocycles. The van der Waals surface area contributed by atoms with Crippen molar-refractivity contribution in [1.82, 2.24) is 15.3 Å². The minimum atomic E-state index is 0. The second-order valence-corrected chi connectivity index (χ2v) is 3.24. The van der Waals surface area contributed by atoms with Crippen LogP contribution in [0.15, 0.2) is 12.5 Å². The molecule has 0 amide bonds. The van der Waals surface area contributed by atoms with Gasteiger partial charge in [0.15, 0.2) is 0 Å². The molecule has 1 atom stereocenters. The van der Waals surface area contributed by atoms with Gasteiger partial charge in [0.2, 0.25) is 5.88 Å². The third kappa shape index (κ3) is 2.56. The van der Waals surface area contributed by atoms with Crippen molar-refractivity contribution in [3.05, 3.63) is 18.1 Å². The van der Waals surface area contributed by atoms with Crippen LogP contribution in [0, 0.1) is 6.92 Å². The summed E-state index contributed by atoms with van der Waals surface area (Å²) in [5.74, 6) is 0.712. The van der Waals surface area contributed by atoms with E-state index in [9.17, 15) is 0 Å². The zero-order valence-electron chi connectivity index (χ0n) is 8.06. The normalized spacial score (nSPS) is 20.2. The lowest BCUT2D eigenvalue weighted by Crippen LogP contribution is -2.20. The van der Waals surface area contributed by atoms with Crippen LogP contribution in [-0.4, -0.2) is 29.2 Å². The SMILES string of the molecule is Cc1cncnc1OC1CCNC1.Cl. The smallest absolute Gasteiger partial charge is 0.219 e. The van der Waals surface area contributed by atoms with Crippen LogP contribution >= 0.6 is 12.4 Å². The lowest BCUT2D eigenvalue weighted by atomic mass is 10.3. The van der Waals surface area contributed by atoms with E-state index in [-0.39, 0.29) is 18.5 Å². The Bertz CT molecular complexity index is 289. The van der Waals surface area contributed by atoms with Gasteiger partial charge in [0.05, 0.1) is 0 Å². The monoisotopic (exact) mass is 215 g/mol. The van der Waals surface area contributed by atoms with Crippen LogP contribution in [0.3, 0.4) is 0 Å². The van der Waals surface area contributed by atoms with Crippen molar-refractivity contribution in [2.75, 3.05) is 13.1 Å². The Morgan fingerprint density at radius 1 is 1.57 bits per heavy atom. The van der Waals surface area contributed by atoms with Crippen LogP contribution in [0.2, 0.25) is 0 Å². The molecule has 4 nitrogen and oxygen atoms in total. The molecule has 0 radical (unpaired) electrons. The molecule has 0 spiro atoms. The fraction of sp³-hybridized carbons (Fsp3) is 0.556. The summed E-state index contributed by atoms with van der Waals surface area (Å²) in [6.07, 6.45) is 4.62. The number of rotatable bonds is 2. The number of hydrogen-bond donors (Lipinski definition) is 1. The number of aromatic nitrogens is 2. The summed E-state index contributed by atoms with van der Waals surface area (Å²) in [6, 6.07) is 0. The molecule has 0 bridgehead atoms. The van der Waals surface area contributed by atoms with Gasteiger partial charge in [0.25, 0.3) is 0 Å². The Balaban J connectivity index is 0.000000980. The molecule has 1 N–H and O–H groups in total. The Morgan fingerprint density at radius 3 is 3.07 bits per heavy atom. The van der Waals surface area contributed by atoms with Gasteiger partial charge in [0, 0.05) is 18.3 Å². The largest absolute Gasteiger partial charge is 0.473 e. The van der Waals surface area contributed by atoms with Crippen molar-refractivity contribution in [2.45, 2.75) is 19.4 Å². The van der Waals surface area contributed by atoms with Crippen LogP contribution in [0.25, 0.3) is 0 Å². The van der Waals surface area contributed by atoms with Crippen molar-refractivity contribution in [3.63, 3.8) is 0 Å². The molecule has 1 fully saturated rings. The predicted molar refractivity (Wildman–Crippen MR) is 55.9 cm³/mol. The van der Waals surface area contributed by atoms with E-state index < -0.39 is 0 Å². The van der Waals surface area contributed by atoms with Crippen LogP contribution in [-0.2, 0) is 0 Å². The quantitative estimate of drug-likeness (QED) is 0.798. The molecule has 2 heterocycles. The highest BCUT2D eigenvalue weighted by atomic mass is 35.5. The Morgan fingerprint density at radius 2 is 2.43 bits per heavy atom. The number of nitrogens with one attached hydrogen (secondary N) is 1. The summed E-state index contributed by atoms with van der Waals surface area (Å²) in [6.45, 7) is 3.91. The second kappa shape index (κ2) is 5.12. The molecule has 0 aliphatic carbocycles. The van der Waals surface area contributed by atoms with E-state index in [4.69, 9.17) is 4.74 Å². The Labute approximate surface area is 89.5 Å². The standard InChI is InChI=1S/C9H13N3O.ClH/c1-7-4-11-6-12-9(7)13-8-2-3-10-5-8;/h4,6,8,10H,2-3,5H2,1H3;1H. The van der Waals surface area contributed by atoms with Gasteiger partial charge >= 0.3 is 0 Å². The number of halogens is 1. The fourth-order valence-corrected chi connectivity index (χ4v) is 1.40. The Hall–Kier alpha value is -0.870. The van der Waals surface area contributed by atoms with Gasteiger partial charge in [-0.15, -0.1) is 12.4 Å². The fourth-order valence-electron chi connectivity index (χ4n) is 1.40. The maximum Gasteiger partial charge on any atom is 0.219 e. The van der Waals surface area contributed by atoms with E-state index in [1.165, 1.54) is 6.33 Å². The van der Waals surface area contributed by atoms with Crippen LogP contribution in [0.4, 0.5) is 0 Å². The first kappa shape index (κ1) is 11.2. The molecule has 1 aliphatic heterocycles. The van der Waals surface area contributed by atoms with Crippen LogP contribution in [0.5, 0.6) is 5.88 Å². The number of aryl methyl sites for hydroxylation is 1. The summed E-state index contributed by atoms with van der Waals surface area (Å²) in [5, 5.41) is 3.24. The van der Waals surface area contributed by atoms with E-state index in [2.05, 4.69) is 15.3 Å². The zero-order valence-corrected chi connectivity index (χ0v) is 8.88. The molecule has 1 aromatic rings. The predicted octanol–water partition coefficient (Wildman–Crippen LogP) is 0.948. The topological polar surface area (TPSA) is 47.0 Å². The summed E-state index contributed by atoms with van der Waals surface area (Å²) in [4.78, 5) is 7.99. The molecular weight excluding hydrogens is 202 g/mol. The average molecular weight is 216 g/mol. The first-order valence-corrected chi connectivity index (χ1v) is 4.50. The van der Waals surface area contributed by atoms with Crippen molar-refractivity contribution in [3.8, 4) is 5.88 Å². The maximum absolute atomic E-state index is 5.69. The van der Waals surface area contributed by atoms with Gasteiger partial charge in [-0.05, 0) is 19.9 Å². The summed E-state index contributed by atoms with van der Waals surface area (Å²) >= 11 is 0. The molecule has 1 saturated heterocycles. The van der Waals surface area contributed by atoms with Gasteiger partial charge in [-0.2, -0.15) is 0 Å². The van der Waals surface area contributed by atoms with Crippen molar-refractivity contribution < 1.29 is 4.74 Å². The number of nitrogens with zero attached hydrogens (tertiary/aromatic N) is 2. The molecular formula is C9H14ClN3O. The van der Waals surface area contributed by atoms with Crippen molar-refractivity contribution in [1.29, 1.82) is 0 Å². The van der Waals surface area contributed by atoms with E-state index in [1.54, 1.807) is 6.20 Å². The van der Waals surface area contributed by atoms with E-state index in [0.717, 1.165) is 25.1 Å². The highest BCUT2D eigenvalue weighted by Gasteiger charge is 2.16. The van der Waals surface area contributed by atoms with Crippen LogP contribution < -0.4 is 10.1 Å². The van der Waals surface area contributed by atoms with Gasteiger partial charge in [0.1, 0.15) is 12.4 Å². The molecule has 1 aliphatic rings. The molecule has 1 unspecified atom stereocenters. The van der Waals surface area contributed by atoms with Gasteiger partial charge < -0.3 is 10.1 Å². The highest BCUT2D eigenvalue weighted by molar-refractivity contribution is 5.85. The number of ether oxygens (including phenoxy) is 1. The molecule has 0 aromatic carbocycles. The maximum atomic E-state index is 5.69. The molecule has 5 heteroatoms. The van der Waals surface area contributed by atoms with Crippen molar-refractivity contribution >= 4 is 12.4 Å². The number of hydrogen-bond acceptors (Lipinski definition) is 4. The third-order valence-corrected chi connectivity index (χ3v) is 2.14. The molecule has 2 rings (SSSR count). The highest BCUT2D eigenvalue weighted by Crippen LogP contribution is 2.15. The Kier molecular flexibility index (Phi) is 4.10. The summed E-state index contributed by atoms with van der Waals surface area (Å²) < 4.78 is 5.69. The van der Waals surface area contributed by atoms with Gasteiger partial charge in [-0.25, -0.2) is 9.97 Å². The second-order valence-electron chi connectivity index (χ2n) is 3.24. The third-order valence-electron chi connectivity index (χ3n) is 2.14. The van der Waals surface area contributed by atoms with E-state index in [0.29, 0.717) is 5.88 Å². The molecule has 14 heavy (non-hydrogen) atoms. The van der Waals surface area contributed by atoms with Gasteiger partial charge in [-0.1, -0.05) is 0 Å². The van der Waals surface area contributed by atoms with Gasteiger partial charge in [-0.3, -0.25) is 0 Å². The summed E-state index contributed by atoms with van der Waals surface area (Å²) in [5.41, 5.74) is 0.995. The average Bonchev–Trinajstić information content (AvgIpc) is 2.61. The lowest BCUT2D eigenvalue weighted by molar-refractivity contribution is 0.212. The minimum absolute atomic E-state index is 0. The lowest BCUT2D eigenvalue weighted by Gasteiger charge is -2.12. The van der Waals surface area contributed by atoms with E-state index in [1.807, 2.05) is 6.92 Å². The molecule has 1 aromatic heterocycles. The van der Waals surface area contributed by atoms with Crippen LogP contribution in [0.1, 0.15) is 12.0 Å². The first-order valence-electron chi connectivity index (χ1n) is 4.50. The zero-order chi connectivity index (χ0) is 9.10. The first-order chi connectivity index (χ1) is 6.36. The minimum Gasteiger partial charge on any atom is -0.473 e.